The van der Waals surface area contributed by atoms with Crippen LogP contribution in [-0.4, -0.2) is 36.3 Å². The summed E-state index contributed by atoms with van der Waals surface area (Å²) in [5, 5.41) is 0. The number of carbonyl (C=O) groups is 1. The summed E-state index contributed by atoms with van der Waals surface area (Å²) in [6, 6.07) is 3.29. The average Bonchev–Trinajstić information content (AvgIpc) is 2.90. The molecule has 3 heterocycles. The van der Waals surface area contributed by atoms with E-state index in [1.54, 1.807) is 18.3 Å². The van der Waals surface area contributed by atoms with E-state index in [1.807, 2.05) is 0 Å². The van der Waals surface area contributed by atoms with Crippen LogP contribution in [0.25, 0.3) is 11.2 Å². The van der Waals surface area contributed by atoms with Gasteiger partial charge in [0, 0.05) is 12.4 Å². The summed E-state index contributed by atoms with van der Waals surface area (Å²) in [4.78, 5) is 28.5. The van der Waals surface area contributed by atoms with Crippen LogP contribution in [0.5, 0.6) is 0 Å². The lowest BCUT2D eigenvalue weighted by molar-refractivity contribution is 0.1000. The molecule has 104 valence electrons. The molecule has 0 aliphatic rings. The third-order valence-electron chi connectivity index (χ3n) is 2.19. The quantitative estimate of drug-likeness (QED) is 0.530. The Labute approximate surface area is 113 Å². The Morgan fingerprint density at radius 1 is 1.25 bits per heavy atom. The molecule has 0 aliphatic carbocycles. The highest BCUT2D eigenvalue weighted by molar-refractivity contribution is 5.92. The first-order valence-electron chi connectivity index (χ1n) is 5.28. The van der Waals surface area contributed by atoms with Gasteiger partial charge in [-0.15, -0.1) is 0 Å². The minimum Gasteiger partial charge on any atom is -0.412 e. The number of nitrogen functional groups attached to an aromatic ring is 1. The molecule has 20 heavy (non-hydrogen) atoms. The van der Waals surface area contributed by atoms with Gasteiger partial charge in [-0.3, -0.25) is 9.78 Å². The monoisotopic (exact) mass is 275 g/mol. The van der Waals surface area contributed by atoms with Crippen LogP contribution in [0.4, 0.5) is 5.82 Å². The number of nitrogens with one attached hydrogen (secondary N) is 1. The summed E-state index contributed by atoms with van der Waals surface area (Å²) in [6.07, 6.45) is 5.96. The zero-order chi connectivity index (χ0) is 13.7. The Morgan fingerprint density at radius 2 is 2.05 bits per heavy atom. The molecule has 0 radical (unpaired) electrons. The minimum absolute atomic E-state index is 0. The average molecular weight is 275 g/mol. The van der Waals surface area contributed by atoms with Crippen molar-refractivity contribution in [2.75, 3.05) is 5.73 Å². The molecule has 1 amide bonds. The van der Waals surface area contributed by atoms with E-state index in [2.05, 4.69) is 24.9 Å². The molecule has 9 nitrogen and oxygen atoms in total. The van der Waals surface area contributed by atoms with Crippen molar-refractivity contribution in [3.63, 3.8) is 0 Å². The second kappa shape index (κ2) is 6.75. The Kier molecular flexibility index (Phi) is 5.06. The fourth-order valence-corrected chi connectivity index (χ4v) is 1.29. The van der Waals surface area contributed by atoms with Crippen molar-refractivity contribution >= 4 is 22.9 Å². The number of fused-ring (bicyclic) bond motifs is 1. The summed E-state index contributed by atoms with van der Waals surface area (Å²) in [5.41, 5.74) is 12.1. The van der Waals surface area contributed by atoms with Gasteiger partial charge in [-0.2, -0.15) is 0 Å². The van der Waals surface area contributed by atoms with Crippen molar-refractivity contribution in [2.45, 2.75) is 0 Å². The van der Waals surface area contributed by atoms with Crippen molar-refractivity contribution in [2.24, 2.45) is 5.73 Å². The van der Waals surface area contributed by atoms with Crippen molar-refractivity contribution < 1.29 is 10.3 Å². The normalized spacial score (nSPS) is 9.20. The second-order valence-corrected chi connectivity index (χ2v) is 3.46. The highest BCUT2D eigenvalue weighted by Crippen LogP contribution is 2.09. The summed E-state index contributed by atoms with van der Waals surface area (Å²) < 4.78 is 0. The van der Waals surface area contributed by atoms with E-state index in [0.717, 1.165) is 0 Å². The van der Waals surface area contributed by atoms with Gasteiger partial charge in [0.25, 0.3) is 0 Å². The van der Waals surface area contributed by atoms with E-state index in [9.17, 15) is 4.79 Å². The SMILES string of the molecule is NC(=O)c1cccnc1.Nc1ncnc2[nH]cnc12.O. The molecule has 9 heteroatoms. The number of H-pyrrole nitrogens is 1. The number of pyridine rings is 1. The Bertz CT molecular complexity index is 683. The molecule has 3 rings (SSSR count). The molecule has 0 aliphatic heterocycles. The fourth-order valence-electron chi connectivity index (χ4n) is 1.29. The summed E-state index contributed by atoms with van der Waals surface area (Å²) in [7, 11) is 0. The van der Waals surface area contributed by atoms with E-state index in [1.165, 1.54) is 18.9 Å². The van der Waals surface area contributed by atoms with Gasteiger partial charge in [0.2, 0.25) is 5.91 Å². The topological polar surface area (TPSA) is 168 Å². The van der Waals surface area contributed by atoms with Crippen molar-refractivity contribution in [3.8, 4) is 0 Å². The van der Waals surface area contributed by atoms with Crippen LogP contribution in [0.3, 0.4) is 0 Å². The van der Waals surface area contributed by atoms with Crippen LogP contribution in [-0.2, 0) is 0 Å². The molecule has 0 fully saturated rings. The number of imidazole rings is 1. The van der Waals surface area contributed by atoms with Crippen molar-refractivity contribution in [3.05, 3.63) is 42.7 Å². The molecule has 0 atom stereocenters. The number of nitrogens with zero attached hydrogens (tertiary/aromatic N) is 4. The molecule has 0 spiro atoms. The van der Waals surface area contributed by atoms with Crippen molar-refractivity contribution in [1.29, 1.82) is 0 Å². The molecule has 0 bridgehead atoms. The number of rotatable bonds is 1. The number of hydrogen-bond donors (Lipinski definition) is 3. The Morgan fingerprint density at radius 3 is 2.60 bits per heavy atom. The number of aromatic nitrogens is 5. The number of amides is 1. The smallest absolute Gasteiger partial charge is 0.250 e. The van der Waals surface area contributed by atoms with Crippen LogP contribution in [0.2, 0.25) is 0 Å². The van der Waals surface area contributed by atoms with Crippen LogP contribution in [0, 0.1) is 0 Å². The lowest BCUT2D eigenvalue weighted by Crippen LogP contribution is -2.10. The third-order valence-corrected chi connectivity index (χ3v) is 2.19. The van der Waals surface area contributed by atoms with E-state index >= 15 is 0 Å². The molecule has 0 saturated carbocycles. The largest absolute Gasteiger partial charge is 0.412 e. The number of aromatic amines is 1. The predicted octanol–water partition coefficient (Wildman–Crippen LogP) is -0.709. The minimum atomic E-state index is -0.442. The van der Waals surface area contributed by atoms with Gasteiger partial charge >= 0.3 is 0 Å². The Hall–Kier alpha value is -3.07. The lowest BCUT2D eigenvalue weighted by atomic mass is 10.3. The van der Waals surface area contributed by atoms with Gasteiger partial charge in [-0.25, -0.2) is 15.0 Å². The standard InChI is InChI=1S/C6H6N2O.C5H5N5.H2O/c7-6(9)5-2-1-3-8-4-5;6-4-3-5(9-1-7-3)10-2-8-4;/h1-4H,(H2,7,9);1-2H,(H3,6,7,8,9,10);1H2. The zero-order valence-electron chi connectivity index (χ0n) is 10.3. The van der Waals surface area contributed by atoms with Gasteiger partial charge in [0.1, 0.15) is 11.8 Å². The molecule has 0 saturated heterocycles. The first-order chi connectivity index (χ1) is 9.18. The summed E-state index contributed by atoms with van der Waals surface area (Å²) in [6.45, 7) is 0. The molecular formula is C11H13N7O2. The third kappa shape index (κ3) is 3.46. The fraction of sp³-hybridized carbons (Fsp3) is 0. The Balaban J connectivity index is 0.000000192. The van der Waals surface area contributed by atoms with Gasteiger partial charge in [0.05, 0.1) is 11.9 Å². The first kappa shape index (κ1) is 15.0. The highest BCUT2D eigenvalue weighted by atomic mass is 16.1. The lowest BCUT2D eigenvalue weighted by Gasteiger charge is -1.88. The molecule has 0 aromatic carbocycles. The van der Waals surface area contributed by atoms with E-state index < -0.39 is 5.91 Å². The molecule has 3 aromatic rings. The van der Waals surface area contributed by atoms with Crippen LogP contribution < -0.4 is 11.5 Å². The zero-order valence-corrected chi connectivity index (χ0v) is 10.3. The van der Waals surface area contributed by atoms with E-state index in [4.69, 9.17) is 11.5 Å². The van der Waals surface area contributed by atoms with Crippen LogP contribution >= 0.6 is 0 Å². The maximum atomic E-state index is 10.4. The van der Waals surface area contributed by atoms with Crippen LogP contribution in [0.1, 0.15) is 10.4 Å². The summed E-state index contributed by atoms with van der Waals surface area (Å²) >= 11 is 0. The number of carbonyl (C=O) groups excluding carboxylic acids is 1. The van der Waals surface area contributed by atoms with Gasteiger partial charge in [0.15, 0.2) is 11.5 Å². The maximum absolute atomic E-state index is 10.4. The van der Waals surface area contributed by atoms with Gasteiger partial charge < -0.3 is 21.9 Å². The summed E-state index contributed by atoms with van der Waals surface area (Å²) in [5.74, 6) is -0.0330. The first-order valence-corrected chi connectivity index (χ1v) is 5.28. The maximum Gasteiger partial charge on any atom is 0.250 e. The van der Waals surface area contributed by atoms with E-state index in [0.29, 0.717) is 22.5 Å². The number of hydrogen-bond acceptors (Lipinski definition) is 6. The van der Waals surface area contributed by atoms with Gasteiger partial charge in [-0.1, -0.05) is 0 Å². The van der Waals surface area contributed by atoms with Crippen LogP contribution in [0.15, 0.2) is 37.2 Å². The van der Waals surface area contributed by atoms with Crippen molar-refractivity contribution in [1.82, 2.24) is 24.9 Å². The molecule has 3 aromatic heterocycles. The molecule has 0 unspecified atom stereocenters. The molecular weight excluding hydrogens is 262 g/mol. The highest BCUT2D eigenvalue weighted by Gasteiger charge is 1.99. The van der Waals surface area contributed by atoms with E-state index in [-0.39, 0.29) is 5.48 Å². The second-order valence-electron chi connectivity index (χ2n) is 3.46. The number of anilines is 1. The predicted molar refractivity (Wildman–Crippen MR) is 72.5 cm³/mol. The molecule has 7 N–H and O–H groups in total. The number of nitrogens with two attached hydrogens (primary N) is 2. The number of primary amides is 1. The van der Waals surface area contributed by atoms with Gasteiger partial charge in [-0.05, 0) is 12.1 Å².